The summed E-state index contributed by atoms with van der Waals surface area (Å²) in [5.41, 5.74) is -1.45. The summed E-state index contributed by atoms with van der Waals surface area (Å²) in [6, 6.07) is 5.66. The zero-order chi connectivity index (χ0) is 24.3. The number of hydrogen-bond donors (Lipinski definition) is 3. The first-order valence-electron chi connectivity index (χ1n) is 9.61. The number of aliphatic hydroxyl groups is 2. The third-order valence-electron chi connectivity index (χ3n) is 4.96. The number of aromatic nitrogens is 2. The Morgan fingerprint density at radius 3 is 2.76 bits per heavy atom. The number of alkyl halides is 1. The van der Waals surface area contributed by atoms with Gasteiger partial charge in [0.1, 0.15) is 18.8 Å². The van der Waals surface area contributed by atoms with E-state index in [1.165, 1.54) is 31.2 Å². The number of aryl methyl sites for hydroxylation is 1. The fourth-order valence-electron chi connectivity index (χ4n) is 3.31. The van der Waals surface area contributed by atoms with Crippen molar-refractivity contribution in [1.82, 2.24) is 9.55 Å². The lowest BCUT2D eigenvalue weighted by molar-refractivity contribution is -0.385. The molecule has 2 heterocycles. The van der Waals surface area contributed by atoms with Crippen molar-refractivity contribution in [2.75, 3.05) is 13.2 Å². The Hall–Kier alpha value is -3.26. The summed E-state index contributed by atoms with van der Waals surface area (Å²) in [4.78, 5) is 48.4. The van der Waals surface area contributed by atoms with Gasteiger partial charge in [-0.3, -0.25) is 24.5 Å². The molecule has 1 saturated heterocycles. The van der Waals surface area contributed by atoms with Gasteiger partial charge < -0.3 is 24.4 Å². The monoisotopic (exact) mass is 485 g/mol. The van der Waals surface area contributed by atoms with E-state index < -0.39 is 65.5 Å². The molecule has 1 fully saturated rings. The van der Waals surface area contributed by atoms with Gasteiger partial charge in [0.05, 0.1) is 22.5 Å². The number of carbonyl (C=O) groups is 1. The number of nitro benzene ring substituents is 1. The van der Waals surface area contributed by atoms with E-state index in [1.807, 2.05) is 0 Å². The van der Waals surface area contributed by atoms with Crippen LogP contribution >= 0.6 is 11.6 Å². The van der Waals surface area contributed by atoms with Gasteiger partial charge in [-0.1, -0.05) is 18.2 Å². The average Bonchev–Trinajstić information content (AvgIpc) is 3.09. The number of para-hydroxylation sites is 1. The normalized spacial score (nSPS) is 23.2. The molecule has 5 atom stereocenters. The molecule has 0 aliphatic carbocycles. The standard InChI is InChI=1S/C19H20ClN3O10/c1-9-6-22(18(27)21-16(9)26)17-14(25)15(13(7-24)32-17)33-19(28)31-8-11(20)10-4-2-3-5-12(10)23(29)30/h2-6,11,13-15,17,24-25H,7-8H2,1H3,(H,21,26,27)/t11?,13-,14?,15?,17-/m1/s1. The summed E-state index contributed by atoms with van der Waals surface area (Å²) >= 11 is 6.13. The van der Waals surface area contributed by atoms with Gasteiger partial charge in [0.2, 0.25) is 0 Å². The molecule has 1 aromatic carbocycles. The highest BCUT2D eigenvalue weighted by atomic mass is 35.5. The molecule has 0 saturated carbocycles. The number of carbonyl (C=O) groups excluding carboxylic acids is 1. The molecule has 1 aliphatic heterocycles. The van der Waals surface area contributed by atoms with Crippen molar-refractivity contribution in [1.29, 1.82) is 0 Å². The molecule has 13 nitrogen and oxygen atoms in total. The zero-order valence-corrected chi connectivity index (χ0v) is 17.9. The van der Waals surface area contributed by atoms with Crippen molar-refractivity contribution in [3.05, 3.63) is 72.5 Å². The van der Waals surface area contributed by atoms with E-state index in [0.717, 1.165) is 10.8 Å². The van der Waals surface area contributed by atoms with Crippen LogP contribution in [0, 0.1) is 17.0 Å². The van der Waals surface area contributed by atoms with Gasteiger partial charge in [0, 0.05) is 17.8 Å². The lowest BCUT2D eigenvalue weighted by Crippen LogP contribution is -2.40. The van der Waals surface area contributed by atoms with Gasteiger partial charge >= 0.3 is 11.8 Å². The van der Waals surface area contributed by atoms with E-state index in [-0.39, 0.29) is 16.8 Å². The quantitative estimate of drug-likeness (QED) is 0.216. The van der Waals surface area contributed by atoms with Gasteiger partial charge in [-0.25, -0.2) is 9.59 Å². The van der Waals surface area contributed by atoms with Crippen LogP contribution in [0.4, 0.5) is 10.5 Å². The fraction of sp³-hybridized carbons (Fsp3) is 0.421. The molecule has 1 aliphatic rings. The summed E-state index contributed by atoms with van der Waals surface area (Å²) in [6.45, 7) is 0.280. The highest BCUT2D eigenvalue weighted by Gasteiger charge is 2.47. The lowest BCUT2D eigenvalue weighted by Gasteiger charge is -2.20. The van der Waals surface area contributed by atoms with Crippen molar-refractivity contribution >= 4 is 23.4 Å². The Kier molecular flexibility index (Phi) is 7.48. The van der Waals surface area contributed by atoms with E-state index in [4.69, 9.17) is 25.8 Å². The van der Waals surface area contributed by atoms with Crippen molar-refractivity contribution in [2.24, 2.45) is 0 Å². The maximum atomic E-state index is 12.2. The summed E-state index contributed by atoms with van der Waals surface area (Å²) in [5.74, 6) is 0. The number of nitrogens with zero attached hydrogens (tertiary/aromatic N) is 2. The van der Waals surface area contributed by atoms with Crippen molar-refractivity contribution < 1.29 is 34.1 Å². The lowest BCUT2D eigenvalue weighted by atomic mass is 10.1. The summed E-state index contributed by atoms with van der Waals surface area (Å²) < 4.78 is 16.3. The first-order chi connectivity index (χ1) is 15.6. The van der Waals surface area contributed by atoms with Gasteiger partial charge in [-0.15, -0.1) is 11.6 Å². The first kappa shape index (κ1) is 24.4. The van der Waals surface area contributed by atoms with Crippen LogP contribution in [-0.2, 0) is 14.2 Å². The molecule has 3 rings (SSSR count). The van der Waals surface area contributed by atoms with Gasteiger partial charge in [-0.05, 0) is 6.92 Å². The Morgan fingerprint density at radius 1 is 1.39 bits per heavy atom. The van der Waals surface area contributed by atoms with E-state index in [1.54, 1.807) is 0 Å². The summed E-state index contributed by atoms with van der Waals surface area (Å²) in [6.07, 6.45) is -5.72. The van der Waals surface area contributed by atoms with Crippen LogP contribution in [0.2, 0.25) is 0 Å². The van der Waals surface area contributed by atoms with E-state index in [2.05, 4.69) is 4.98 Å². The van der Waals surface area contributed by atoms with Gasteiger partial charge in [0.25, 0.3) is 11.2 Å². The second-order valence-electron chi connectivity index (χ2n) is 7.14. The van der Waals surface area contributed by atoms with Gasteiger partial charge in [-0.2, -0.15) is 0 Å². The van der Waals surface area contributed by atoms with Crippen molar-refractivity contribution in [3.63, 3.8) is 0 Å². The fourth-order valence-corrected chi connectivity index (χ4v) is 3.56. The van der Waals surface area contributed by atoms with Crippen LogP contribution in [-0.4, -0.2) is 62.4 Å². The molecular weight excluding hydrogens is 466 g/mol. The van der Waals surface area contributed by atoms with Crippen LogP contribution in [0.5, 0.6) is 0 Å². The predicted molar refractivity (Wildman–Crippen MR) is 111 cm³/mol. The minimum absolute atomic E-state index is 0.127. The predicted octanol–water partition coefficient (Wildman–Crippen LogP) is 0.506. The second-order valence-corrected chi connectivity index (χ2v) is 7.67. The molecular formula is C19H20ClN3O10. The smallest absolute Gasteiger partial charge is 0.432 e. The van der Waals surface area contributed by atoms with Crippen LogP contribution in [0.1, 0.15) is 22.7 Å². The number of H-pyrrole nitrogens is 1. The number of nitro groups is 1. The maximum Gasteiger partial charge on any atom is 0.508 e. The average molecular weight is 486 g/mol. The number of nitrogens with one attached hydrogen (secondary N) is 1. The van der Waals surface area contributed by atoms with Crippen LogP contribution in [0.15, 0.2) is 40.1 Å². The third kappa shape index (κ3) is 5.22. The topological polar surface area (TPSA) is 183 Å². The highest BCUT2D eigenvalue weighted by Crippen LogP contribution is 2.32. The van der Waals surface area contributed by atoms with E-state index in [9.17, 15) is 34.7 Å². The molecule has 14 heteroatoms. The Labute approximate surface area is 190 Å². The molecule has 0 spiro atoms. The maximum absolute atomic E-state index is 12.2. The highest BCUT2D eigenvalue weighted by molar-refractivity contribution is 6.21. The van der Waals surface area contributed by atoms with E-state index in [0.29, 0.717) is 0 Å². The summed E-state index contributed by atoms with van der Waals surface area (Å²) in [5, 5.41) is 30.2. The Bertz CT molecular complexity index is 1150. The minimum Gasteiger partial charge on any atom is -0.432 e. The molecule has 3 unspecified atom stereocenters. The molecule has 0 amide bonds. The number of hydrogen-bond acceptors (Lipinski definition) is 10. The van der Waals surface area contributed by atoms with Crippen LogP contribution in [0.3, 0.4) is 0 Å². The Morgan fingerprint density at radius 2 is 2.09 bits per heavy atom. The molecule has 33 heavy (non-hydrogen) atoms. The molecule has 1 aromatic heterocycles. The second kappa shape index (κ2) is 10.1. The number of ether oxygens (including phenoxy) is 3. The number of halogens is 1. The van der Waals surface area contributed by atoms with Crippen molar-refractivity contribution in [3.8, 4) is 0 Å². The number of aliphatic hydroxyl groups excluding tert-OH is 2. The zero-order valence-electron chi connectivity index (χ0n) is 17.1. The third-order valence-corrected chi connectivity index (χ3v) is 5.32. The number of aromatic amines is 1. The van der Waals surface area contributed by atoms with E-state index >= 15 is 0 Å². The van der Waals surface area contributed by atoms with Crippen LogP contribution < -0.4 is 11.2 Å². The molecule has 0 radical (unpaired) electrons. The SMILES string of the molecule is Cc1cn([C@@H]2O[C@H](CO)C(OC(=O)OCC(Cl)c3ccccc3[N+](=O)[O-])C2O)c(=O)[nH]c1=O. The van der Waals surface area contributed by atoms with Crippen molar-refractivity contribution in [2.45, 2.75) is 36.8 Å². The first-order valence-corrected chi connectivity index (χ1v) is 10.0. The number of benzene rings is 1. The summed E-state index contributed by atoms with van der Waals surface area (Å²) in [7, 11) is 0. The minimum atomic E-state index is -1.60. The molecule has 3 N–H and O–H groups in total. The Balaban J connectivity index is 1.68. The molecule has 2 aromatic rings. The largest absolute Gasteiger partial charge is 0.508 e. The van der Waals surface area contributed by atoms with Gasteiger partial charge in [0.15, 0.2) is 12.3 Å². The molecule has 0 bridgehead atoms. The van der Waals surface area contributed by atoms with Crippen LogP contribution in [0.25, 0.3) is 0 Å². The molecule has 178 valence electrons. The number of rotatable bonds is 7.